The minimum Gasteiger partial charge on any atom is -0.369 e. The number of carbonyl (C=O) groups excluding carboxylic acids is 2. The zero-order chi connectivity index (χ0) is 29.4. The first-order chi connectivity index (χ1) is 19.8. The summed E-state index contributed by atoms with van der Waals surface area (Å²) in [6.07, 6.45) is 16.9. The van der Waals surface area contributed by atoms with E-state index >= 15 is 0 Å². The Bertz CT molecular complexity index is 1350. The zero-order valence-corrected chi connectivity index (χ0v) is 26.0. The molecule has 0 radical (unpaired) electrons. The molecule has 2 aliphatic rings. The number of hydrogen-bond acceptors (Lipinski definition) is 7. The fourth-order valence-electron chi connectivity index (χ4n) is 5.62. The highest BCUT2D eigenvalue weighted by Gasteiger charge is 2.33. The number of piperidine rings is 1. The summed E-state index contributed by atoms with van der Waals surface area (Å²) in [4.78, 5) is 47.9. The molecule has 41 heavy (non-hydrogen) atoms. The first-order valence-corrected chi connectivity index (χ1v) is 16.4. The fraction of sp³-hybridized carbons (Fsp3) is 0.581. The number of amides is 2. The van der Waals surface area contributed by atoms with Crippen LogP contribution in [0.1, 0.15) is 95.1 Å². The molecule has 2 amide bonds. The van der Waals surface area contributed by atoms with Crippen LogP contribution in [0.2, 0.25) is 0 Å². The van der Waals surface area contributed by atoms with Crippen molar-refractivity contribution in [2.75, 3.05) is 24.5 Å². The van der Waals surface area contributed by atoms with Gasteiger partial charge in [-0.15, -0.1) is 0 Å². The van der Waals surface area contributed by atoms with Gasteiger partial charge in [-0.05, 0) is 43.9 Å². The molecule has 4 heterocycles. The second-order valence-corrected chi connectivity index (χ2v) is 12.9. The molecule has 0 aromatic carbocycles. The summed E-state index contributed by atoms with van der Waals surface area (Å²) in [5, 5.41) is 0. The maximum Gasteiger partial charge on any atom is 0.267 e. The summed E-state index contributed by atoms with van der Waals surface area (Å²) >= 11 is 6.83. The average molecular weight is 598 g/mol. The molecule has 2 aromatic heterocycles. The summed E-state index contributed by atoms with van der Waals surface area (Å²) in [5.41, 5.74) is 7.14. The Labute approximate surface area is 252 Å². The summed E-state index contributed by atoms with van der Waals surface area (Å²) in [6.45, 7) is 5.87. The lowest BCUT2D eigenvalue weighted by Crippen LogP contribution is -2.40. The van der Waals surface area contributed by atoms with E-state index < -0.39 is 0 Å². The van der Waals surface area contributed by atoms with Crippen molar-refractivity contribution >= 4 is 57.7 Å². The number of hydrogen-bond donors (Lipinski definition) is 1. The van der Waals surface area contributed by atoms with E-state index in [-0.39, 0.29) is 23.3 Å². The van der Waals surface area contributed by atoms with Gasteiger partial charge in [-0.1, -0.05) is 94.8 Å². The monoisotopic (exact) mass is 597 g/mol. The van der Waals surface area contributed by atoms with Crippen LogP contribution in [0.15, 0.2) is 28.0 Å². The van der Waals surface area contributed by atoms with Crippen molar-refractivity contribution in [3.05, 3.63) is 44.7 Å². The van der Waals surface area contributed by atoms with Crippen LogP contribution >= 0.6 is 24.0 Å². The number of anilines is 1. The van der Waals surface area contributed by atoms with Crippen LogP contribution in [0, 0.1) is 12.8 Å². The van der Waals surface area contributed by atoms with E-state index in [0.29, 0.717) is 58.7 Å². The Morgan fingerprint density at radius 3 is 2.34 bits per heavy atom. The van der Waals surface area contributed by atoms with Crippen LogP contribution in [0.3, 0.4) is 0 Å². The summed E-state index contributed by atoms with van der Waals surface area (Å²) in [6, 6.07) is 3.74. The number of rotatable bonds is 14. The van der Waals surface area contributed by atoms with Gasteiger partial charge in [0, 0.05) is 31.7 Å². The molecule has 2 N–H and O–H groups in total. The van der Waals surface area contributed by atoms with Crippen LogP contribution in [-0.2, 0) is 9.59 Å². The SMILES string of the molecule is CCCCCCCCCCCCN1C(=O)/C(=C\c2c(N3CCC(C(N)=O)CC3)nc3c(C)cccn3c2=O)SC1=S. The third-order valence-corrected chi connectivity index (χ3v) is 9.52. The van der Waals surface area contributed by atoms with Gasteiger partial charge in [-0.3, -0.25) is 23.7 Å². The van der Waals surface area contributed by atoms with Crippen molar-refractivity contribution in [3.8, 4) is 0 Å². The number of nitrogens with two attached hydrogens (primary N) is 1. The molecule has 2 saturated heterocycles. The molecule has 0 saturated carbocycles. The molecule has 0 unspecified atom stereocenters. The van der Waals surface area contributed by atoms with Gasteiger partial charge >= 0.3 is 0 Å². The van der Waals surface area contributed by atoms with Crippen LogP contribution in [0.5, 0.6) is 0 Å². The van der Waals surface area contributed by atoms with E-state index in [9.17, 15) is 14.4 Å². The van der Waals surface area contributed by atoms with Crippen LogP contribution < -0.4 is 16.2 Å². The summed E-state index contributed by atoms with van der Waals surface area (Å²) in [5.74, 6) is -0.0893. The molecule has 10 heteroatoms. The fourth-order valence-corrected chi connectivity index (χ4v) is 6.92. The molecular formula is C31H43N5O3S2. The van der Waals surface area contributed by atoms with Gasteiger partial charge in [-0.25, -0.2) is 4.98 Å². The third kappa shape index (κ3) is 7.77. The van der Waals surface area contributed by atoms with Gasteiger partial charge in [0.1, 0.15) is 15.8 Å². The topological polar surface area (TPSA) is 101 Å². The molecular weight excluding hydrogens is 555 g/mol. The van der Waals surface area contributed by atoms with E-state index in [1.165, 1.54) is 67.5 Å². The Hall–Kier alpha value is -2.72. The number of fused-ring (bicyclic) bond motifs is 1. The predicted octanol–water partition coefficient (Wildman–Crippen LogP) is 5.83. The van der Waals surface area contributed by atoms with Crippen LogP contribution in [0.25, 0.3) is 11.7 Å². The van der Waals surface area contributed by atoms with Crippen LogP contribution in [0.4, 0.5) is 5.82 Å². The number of nitrogens with zero attached hydrogens (tertiary/aromatic N) is 4. The molecule has 2 aliphatic heterocycles. The first-order valence-electron chi connectivity index (χ1n) is 15.1. The number of unbranched alkanes of at least 4 members (excludes halogenated alkanes) is 9. The highest BCUT2D eigenvalue weighted by molar-refractivity contribution is 8.26. The maximum absolute atomic E-state index is 13.8. The van der Waals surface area contributed by atoms with Gasteiger partial charge in [0.25, 0.3) is 11.5 Å². The Morgan fingerprint density at radius 2 is 1.71 bits per heavy atom. The van der Waals surface area contributed by atoms with Crippen LogP contribution in [-0.4, -0.2) is 50.1 Å². The average Bonchev–Trinajstić information content (AvgIpc) is 3.23. The maximum atomic E-state index is 13.8. The highest BCUT2D eigenvalue weighted by atomic mass is 32.2. The lowest BCUT2D eigenvalue weighted by atomic mass is 9.96. The van der Waals surface area contributed by atoms with Gasteiger partial charge in [0.15, 0.2) is 0 Å². The third-order valence-electron chi connectivity index (χ3n) is 8.15. The predicted molar refractivity (Wildman–Crippen MR) is 172 cm³/mol. The highest BCUT2D eigenvalue weighted by Crippen LogP contribution is 2.34. The molecule has 0 aliphatic carbocycles. The quantitative estimate of drug-likeness (QED) is 0.166. The van der Waals surface area contributed by atoms with Gasteiger partial charge in [0.2, 0.25) is 5.91 Å². The normalized spacial score (nSPS) is 17.4. The van der Waals surface area contributed by atoms with E-state index in [1.54, 1.807) is 17.2 Å². The standard InChI is InChI=1S/C31H43N5O3S2/c1-3-4-5-6-7-8-9-10-11-12-17-36-30(39)25(41-31(36)40)21-24-28(34-19-15-23(16-20-34)26(32)37)33-27-22(2)14-13-18-35(27)29(24)38/h13-14,18,21,23H,3-12,15-17,19-20H2,1-2H3,(H2,32,37)/b25-21+. The van der Waals surface area contributed by atoms with E-state index in [0.717, 1.165) is 18.4 Å². The summed E-state index contributed by atoms with van der Waals surface area (Å²) in [7, 11) is 0. The number of thioether (sulfide) groups is 1. The second-order valence-electron chi connectivity index (χ2n) is 11.2. The second kappa shape index (κ2) is 15.0. The number of carbonyl (C=O) groups is 2. The molecule has 4 rings (SSSR count). The largest absolute Gasteiger partial charge is 0.369 e. The molecule has 2 fully saturated rings. The zero-order valence-electron chi connectivity index (χ0n) is 24.4. The van der Waals surface area contributed by atoms with E-state index in [1.807, 2.05) is 24.0 Å². The van der Waals surface area contributed by atoms with Crippen molar-refractivity contribution < 1.29 is 9.59 Å². The number of primary amides is 1. The molecule has 0 bridgehead atoms. The van der Waals surface area contributed by atoms with Gasteiger partial charge in [0.05, 0.1) is 10.5 Å². The smallest absolute Gasteiger partial charge is 0.267 e. The van der Waals surface area contributed by atoms with Crippen molar-refractivity contribution in [3.63, 3.8) is 0 Å². The van der Waals surface area contributed by atoms with Crippen molar-refractivity contribution in [1.29, 1.82) is 0 Å². The van der Waals surface area contributed by atoms with E-state index in [4.69, 9.17) is 22.9 Å². The molecule has 0 spiro atoms. The first kappa shape index (κ1) is 31.2. The number of pyridine rings is 1. The Morgan fingerprint density at radius 1 is 1.07 bits per heavy atom. The minimum absolute atomic E-state index is 0.150. The number of aromatic nitrogens is 2. The summed E-state index contributed by atoms with van der Waals surface area (Å²) < 4.78 is 2.07. The lowest BCUT2D eigenvalue weighted by molar-refractivity contribution is -0.123. The van der Waals surface area contributed by atoms with Gasteiger partial charge in [-0.2, -0.15) is 0 Å². The Balaban J connectivity index is 1.46. The number of aryl methyl sites for hydroxylation is 1. The minimum atomic E-state index is -0.293. The van der Waals surface area contributed by atoms with Crippen molar-refractivity contribution in [2.45, 2.75) is 90.9 Å². The molecule has 2 aromatic rings. The lowest BCUT2D eigenvalue weighted by Gasteiger charge is -2.32. The van der Waals surface area contributed by atoms with E-state index in [2.05, 4.69) is 6.92 Å². The number of thiocarbonyl (C=S) groups is 1. The molecule has 222 valence electrons. The van der Waals surface area contributed by atoms with Crippen molar-refractivity contribution in [1.82, 2.24) is 14.3 Å². The Kier molecular flexibility index (Phi) is 11.4. The van der Waals surface area contributed by atoms with Crippen molar-refractivity contribution in [2.24, 2.45) is 11.7 Å². The van der Waals surface area contributed by atoms with Gasteiger partial charge < -0.3 is 10.6 Å². The molecule has 0 atom stereocenters. The molecule has 8 nitrogen and oxygen atoms in total.